The number of aliphatic hydroxyl groups is 1. The normalized spacial score (nSPS) is 23.2. The molecule has 1 saturated heterocycles. The van der Waals surface area contributed by atoms with Crippen LogP contribution in [0.3, 0.4) is 0 Å². The Morgan fingerprint density at radius 1 is 1.26 bits per heavy atom. The predicted octanol–water partition coefficient (Wildman–Crippen LogP) is 2.24. The molecular weight excluding hydrogens is 236 g/mol. The minimum absolute atomic E-state index is 0.0527. The molecule has 0 radical (unpaired) electrons. The maximum atomic E-state index is 9.74. The number of aliphatic hydroxyl groups excluding tert-OH is 1. The lowest BCUT2D eigenvalue weighted by molar-refractivity contribution is 0.245. The fourth-order valence-corrected chi connectivity index (χ4v) is 3.17. The fraction of sp³-hybridized carbons (Fsp3) is 0.625. The number of nitrogens with one attached hydrogen (secondary N) is 1. The smallest absolute Gasteiger partial charge is 0.0650 e. The number of nitrogens with zero attached hydrogens (tertiary/aromatic N) is 1. The summed E-state index contributed by atoms with van der Waals surface area (Å²) in [4.78, 5) is 2.40. The second-order valence-electron chi connectivity index (χ2n) is 6.32. The summed E-state index contributed by atoms with van der Waals surface area (Å²) in [7, 11) is 0. The van der Waals surface area contributed by atoms with Gasteiger partial charge in [-0.3, -0.25) is 0 Å². The van der Waals surface area contributed by atoms with Gasteiger partial charge < -0.3 is 15.3 Å². The molecule has 1 fully saturated rings. The third kappa shape index (κ3) is 3.10. The van der Waals surface area contributed by atoms with E-state index in [2.05, 4.69) is 56.1 Å². The van der Waals surface area contributed by atoms with E-state index in [1.165, 1.54) is 16.8 Å². The highest BCUT2D eigenvalue weighted by molar-refractivity contribution is 5.54. The Kier molecular flexibility index (Phi) is 4.16. The standard InChI is InChI=1S/C16H26N2O/c1-12-7-13(2)9-14(8-12)18-15(11-19)10-17-6-5-16(18,3)4/h7-9,15,17,19H,5-6,10-11H2,1-4H3. The van der Waals surface area contributed by atoms with Crippen molar-refractivity contribution in [1.82, 2.24) is 5.32 Å². The first-order valence-corrected chi connectivity index (χ1v) is 7.13. The second-order valence-corrected chi connectivity index (χ2v) is 6.32. The lowest BCUT2D eigenvalue weighted by atomic mass is 9.95. The van der Waals surface area contributed by atoms with Crippen molar-refractivity contribution >= 4 is 5.69 Å². The van der Waals surface area contributed by atoms with Gasteiger partial charge in [0, 0.05) is 17.8 Å². The quantitative estimate of drug-likeness (QED) is 0.858. The molecule has 1 aromatic carbocycles. The van der Waals surface area contributed by atoms with Crippen molar-refractivity contribution < 1.29 is 5.11 Å². The number of rotatable bonds is 2. The average molecular weight is 262 g/mol. The van der Waals surface area contributed by atoms with Gasteiger partial charge in [0.15, 0.2) is 0 Å². The van der Waals surface area contributed by atoms with Crippen molar-refractivity contribution in [1.29, 1.82) is 0 Å². The maximum absolute atomic E-state index is 9.74. The van der Waals surface area contributed by atoms with E-state index < -0.39 is 0 Å². The molecule has 3 nitrogen and oxygen atoms in total. The van der Waals surface area contributed by atoms with Gasteiger partial charge in [0.05, 0.1) is 12.6 Å². The molecule has 1 aromatic rings. The van der Waals surface area contributed by atoms with E-state index in [-0.39, 0.29) is 18.2 Å². The summed E-state index contributed by atoms with van der Waals surface area (Å²) in [5.41, 5.74) is 3.83. The Hall–Kier alpha value is -1.06. The van der Waals surface area contributed by atoms with E-state index >= 15 is 0 Å². The van der Waals surface area contributed by atoms with Crippen molar-refractivity contribution in [3.05, 3.63) is 29.3 Å². The molecule has 1 aliphatic rings. The second kappa shape index (κ2) is 5.51. The number of anilines is 1. The summed E-state index contributed by atoms with van der Waals surface area (Å²) < 4.78 is 0. The van der Waals surface area contributed by atoms with Crippen LogP contribution < -0.4 is 10.2 Å². The van der Waals surface area contributed by atoms with Gasteiger partial charge >= 0.3 is 0 Å². The molecule has 1 aliphatic heterocycles. The molecule has 0 bridgehead atoms. The van der Waals surface area contributed by atoms with Crippen LogP contribution in [0.1, 0.15) is 31.4 Å². The molecule has 0 spiro atoms. The van der Waals surface area contributed by atoms with E-state index in [9.17, 15) is 5.11 Å². The van der Waals surface area contributed by atoms with Crippen LogP contribution >= 0.6 is 0 Å². The van der Waals surface area contributed by atoms with Gasteiger partial charge in [-0.1, -0.05) is 6.07 Å². The third-order valence-electron chi connectivity index (χ3n) is 4.01. The van der Waals surface area contributed by atoms with Gasteiger partial charge in [0.1, 0.15) is 0 Å². The van der Waals surface area contributed by atoms with Crippen LogP contribution in [0.5, 0.6) is 0 Å². The van der Waals surface area contributed by atoms with Crippen molar-refractivity contribution in [2.75, 3.05) is 24.6 Å². The zero-order valence-electron chi connectivity index (χ0n) is 12.5. The number of benzene rings is 1. The number of hydrogen-bond donors (Lipinski definition) is 2. The summed E-state index contributed by atoms with van der Waals surface area (Å²) in [5, 5.41) is 13.2. The molecule has 2 N–H and O–H groups in total. The first-order chi connectivity index (χ1) is 8.94. The van der Waals surface area contributed by atoms with E-state index in [1.807, 2.05) is 0 Å². The molecule has 0 amide bonds. The van der Waals surface area contributed by atoms with Gasteiger partial charge in [0.2, 0.25) is 0 Å². The van der Waals surface area contributed by atoms with Crippen molar-refractivity contribution in [3.63, 3.8) is 0 Å². The molecule has 3 heteroatoms. The summed E-state index contributed by atoms with van der Waals surface area (Å²) in [6.45, 7) is 10.8. The minimum Gasteiger partial charge on any atom is -0.394 e. The zero-order valence-corrected chi connectivity index (χ0v) is 12.5. The molecule has 19 heavy (non-hydrogen) atoms. The first kappa shape index (κ1) is 14.4. The van der Waals surface area contributed by atoms with E-state index in [4.69, 9.17) is 0 Å². The number of aryl methyl sites for hydroxylation is 2. The topological polar surface area (TPSA) is 35.5 Å². The SMILES string of the molecule is Cc1cc(C)cc(N2C(CO)CNCCC2(C)C)c1. The van der Waals surface area contributed by atoms with Crippen LogP contribution in [0.2, 0.25) is 0 Å². The Labute approximate surface area is 116 Å². The summed E-state index contributed by atoms with van der Waals surface area (Å²) in [6, 6.07) is 6.78. The van der Waals surface area contributed by atoms with Crippen LogP contribution in [-0.4, -0.2) is 36.4 Å². The van der Waals surface area contributed by atoms with Crippen molar-refractivity contribution in [2.45, 2.75) is 45.7 Å². The molecule has 106 valence electrons. The highest BCUT2D eigenvalue weighted by Crippen LogP contribution is 2.31. The van der Waals surface area contributed by atoms with E-state index in [1.54, 1.807) is 0 Å². The Morgan fingerprint density at radius 3 is 2.47 bits per heavy atom. The van der Waals surface area contributed by atoms with Crippen LogP contribution in [0.25, 0.3) is 0 Å². The molecule has 1 heterocycles. The van der Waals surface area contributed by atoms with Crippen LogP contribution in [0, 0.1) is 13.8 Å². The van der Waals surface area contributed by atoms with Gasteiger partial charge in [-0.15, -0.1) is 0 Å². The Bertz CT molecular complexity index is 422. The molecular formula is C16H26N2O. The van der Waals surface area contributed by atoms with Crippen LogP contribution in [-0.2, 0) is 0 Å². The molecule has 1 atom stereocenters. The summed E-state index contributed by atoms with van der Waals surface area (Å²) in [5.74, 6) is 0. The minimum atomic E-state index is 0.0527. The lowest BCUT2D eigenvalue weighted by Crippen LogP contribution is -2.52. The van der Waals surface area contributed by atoms with Crippen molar-refractivity contribution in [2.24, 2.45) is 0 Å². The van der Waals surface area contributed by atoms with Crippen molar-refractivity contribution in [3.8, 4) is 0 Å². The summed E-state index contributed by atoms with van der Waals surface area (Å²) >= 11 is 0. The maximum Gasteiger partial charge on any atom is 0.0650 e. The third-order valence-corrected chi connectivity index (χ3v) is 4.01. The van der Waals surface area contributed by atoms with Crippen LogP contribution in [0.4, 0.5) is 5.69 Å². The first-order valence-electron chi connectivity index (χ1n) is 7.13. The van der Waals surface area contributed by atoms with Gasteiger partial charge in [-0.2, -0.15) is 0 Å². The van der Waals surface area contributed by atoms with Crippen LogP contribution in [0.15, 0.2) is 18.2 Å². The van der Waals surface area contributed by atoms with Gasteiger partial charge in [-0.05, 0) is 63.9 Å². The fourth-order valence-electron chi connectivity index (χ4n) is 3.17. The Balaban J connectivity index is 2.45. The molecule has 1 unspecified atom stereocenters. The molecule has 0 aromatic heterocycles. The highest BCUT2D eigenvalue weighted by Gasteiger charge is 2.34. The zero-order chi connectivity index (χ0) is 14.0. The van der Waals surface area contributed by atoms with E-state index in [0.29, 0.717) is 0 Å². The lowest BCUT2D eigenvalue weighted by Gasteiger charge is -2.43. The molecule has 0 saturated carbocycles. The van der Waals surface area contributed by atoms with Gasteiger partial charge in [-0.25, -0.2) is 0 Å². The predicted molar refractivity (Wildman–Crippen MR) is 80.8 cm³/mol. The number of hydrogen-bond acceptors (Lipinski definition) is 3. The van der Waals surface area contributed by atoms with Gasteiger partial charge in [0.25, 0.3) is 0 Å². The Morgan fingerprint density at radius 2 is 1.89 bits per heavy atom. The largest absolute Gasteiger partial charge is 0.394 e. The molecule has 0 aliphatic carbocycles. The highest BCUT2D eigenvalue weighted by atomic mass is 16.3. The molecule has 2 rings (SSSR count). The summed E-state index contributed by atoms with van der Waals surface area (Å²) in [6.07, 6.45) is 1.08. The van der Waals surface area contributed by atoms with E-state index in [0.717, 1.165) is 19.5 Å². The monoisotopic (exact) mass is 262 g/mol. The average Bonchev–Trinajstić information content (AvgIpc) is 2.45.